The fraction of sp³-hybridized carbons (Fsp3) is 0.444. The third kappa shape index (κ3) is 3.37. The van der Waals surface area contributed by atoms with Crippen LogP contribution in [0.1, 0.15) is 37.9 Å². The van der Waals surface area contributed by atoms with E-state index in [0.717, 1.165) is 19.3 Å². The van der Waals surface area contributed by atoms with Crippen molar-refractivity contribution in [2.24, 2.45) is 17.8 Å². The highest BCUT2D eigenvalue weighted by molar-refractivity contribution is 6.28. The van der Waals surface area contributed by atoms with E-state index in [1.165, 1.54) is 18.9 Å². The molecule has 3 aliphatic carbocycles. The Morgan fingerprint density at radius 3 is 2.77 bits per heavy atom. The van der Waals surface area contributed by atoms with E-state index < -0.39 is 0 Å². The highest BCUT2D eigenvalue weighted by Gasteiger charge is 2.40. The lowest BCUT2D eigenvalue weighted by Crippen LogP contribution is -2.37. The van der Waals surface area contributed by atoms with Crippen molar-refractivity contribution in [3.8, 4) is 17.5 Å². The van der Waals surface area contributed by atoms with Crippen LogP contribution in [-0.4, -0.2) is 15.9 Å². The van der Waals surface area contributed by atoms with Crippen molar-refractivity contribution < 1.29 is 14.0 Å². The van der Waals surface area contributed by atoms with Gasteiger partial charge in [0.15, 0.2) is 11.6 Å². The van der Waals surface area contributed by atoms with Crippen molar-refractivity contribution in [3.63, 3.8) is 0 Å². The number of carbonyl (C=O) groups is 1. The highest BCUT2D eigenvalue weighted by Crippen LogP contribution is 2.45. The Morgan fingerprint density at radius 1 is 1.31 bits per heavy atom. The van der Waals surface area contributed by atoms with E-state index in [0.29, 0.717) is 23.3 Å². The van der Waals surface area contributed by atoms with Crippen LogP contribution >= 0.6 is 11.6 Å². The predicted octanol–water partition coefficient (Wildman–Crippen LogP) is 3.96. The topological polar surface area (TPSA) is 101 Å². The second-order valence-corrected chi connectivity index (χ2v) is 7.17. The summed E-state index contributed by atoms with van der Waals surface area (Å²) in [6.45, 7) is 0. The fourth-order valence-corrected chi connectivity index (χ4v) is 4.16. The summed E-state index contributed by atoms with van der Waals surface area (Å²) in [5.41, 5.74) is 2.97. The SMILES string of the molecule is N#Cc1ccc(-c2cc(NOC(=O)C3CC4CCC3CC4)nc(Cl)n2)o1. The first-order chi connectivity index (χ1) is 12.6. The molecule has 1 atom stereocenters. The molecule has 2 bridgehead atoms. The van der Waals surface area contributed by atoms with Gasteiger partial charge in [0.25, 0.3) is 0 Å². The molecule has 2 heterocycles. The maximum Gasteiger partial charge on any atom is 0.335 e. The summed E-state index contributed by atoms with van der Waals surface area (Å²) in [4.78, 5) is 25.8. The molecule has 0 saturated heterocycles. The molecule has 3 fully saturated rings. The molecule has 1 N–H and O–H groups in total. The van der Waals surface area contributed by atoms with Gasteiger partial charge in [0.1, 0.15) is 11.8 Å². The van der Waals surface area contributed by atoms with Gasteiger partial charge in [-0.15, -0.1) is 0 Å². The Kier molecular flexibility index (Phi) is 4.51. The number of hydrogen-bond donors (Lipinski definition) is 1. The van der Waals surface area contributed by atoms with Crippen molar-refractivity contribution in [3.05, 3.63) is 29.2 Å². The summed E-state index contributed by atoms with van der Waals surface area (Å²) in [5.74, 6) is 1.57. The lowest BCUT2D eigenvalue weighted by atomic mass is 9.65. The minimum atomic E-state index is -0.250. The third-order valence-corrected chi connectivity index (χ3v) is 5.44. The zero-order chi connectivity index (χ0) is 18.1. The van der Waals surface area contributed by atoms with Crippen LogP contribution in [0.25, 0.3) is 11.5 Å². The Bertz CT molecular complexity index is 868. The number of halogens is 1. The maximum atomic E-state index is 12.4. The Labute approximate surface area is 155 Å². The summed E-state index contributed by atoms with van der Waals surface area (Å²) >= 11 is 5.95. The van der Waals surface area contributed by atoms with Crippen LogP contribution in [0.5, 0.6) is 0 Å². The van der Waals surface area contributed by atoms with Gasteiger partial charge >= 0.3 is 5.97 Å². The van der Waals surface area contributed by atoms with E-state index in [1.807, 2.05) is 6.07 Å². The molecule has 2 aromatic rings. The lowest BCUT2D eigenvalue weighted by molar-refractivity contribution is -0.151. The van der Waals surface area contributed by atoms with Gasteiger partial charge in [-0.3, -0.25) is 0 Å². The van der Waals surface area contributed by atoms with Crippen LogP contribution in [0, 0.1) is 29.1 Å². The number of rotatable bonds is 4. The van der Waals surface area contributed by atoms with E-state index in [9.17, 15) is 4.79 Å². The van der Waals surface area contributed by atoms with Crippen molar-refractivity contribution in [2.45, 2.75) is 32.1 Å². The standard InChI is InChI=1S/C18H17ClN4O3/c19-18-21-14(15-6-5-12(9-20)25-15)8-16(22-18)23-26-17(24)13-7-10-1-3-11(13)4-2-10/h5-6,8,10-11,13H,1-4,7H2,(H,21,22,23). The molecule has 2 aromatic heterocycles. The molecule has 0 aliphatic heterocycles. The van der Waals surface area contributed by atoms with Crippen LogP contribution in [0.4, 0.5) is 5.82 Å². The van der Waals surface area contributed by atoms with E-state index in [4.69, 9.17) is 26.1 Å². The molecule has 26 heavy (non-hydrogen) atoms. The predicted molar refractivity (Wildman–Crippen MR) is 92.7 cm³/mol. The molecule has 3 aliphatic rings. The van der Waals surface area contributed by atoms with Gasteiger partial charge in [-0.2, -0.15) is 10.2 Å². The summed E-state index contributed by atoms with van der Waals surface area (Å²) < 4.78 is 5.34. The van der Waals surface area contributed by atoms with Gasteiger partial charge in [-0.05, 0) is 54.8 Å². The zero-order valence-corrected chi connectivity index (χ0v) is 14.7. The molecule has 3 saturated carbocycles. The van der Waals surface area contributed by atoms with Gasteiger partial charge in [0.05, 0.1) is 5.92 Å². The summed E-state index contributed by atoms with van der Waals surface area (Å²) in [6, 6.07) is 6.61. The quantitative estimate of drug-likeness (QED) is 0.640. The third-order valence-electron chi connectivity index (χ3n) is 5.27. The molecular weight excluding hydrogens is 356 g/mol. The number of nitriles is 1. The monoisotopic (exact) mass is 372 g/mol. The second-order valence-electron chi connectivity index (χ2n) is 6.83. The molecule has 0 spiro atoms. The number of nitrogens with one attached hydrogen (secondary N) is 1. The molecular formula is C18H17ClN4O3. The van der Waals surface area contributed by atoms with Crippen LogP contribution in [0.3, 0.4) is 0 Å². The number of nitrogens with zero attached hydrogens (tertiary/aromatic N) is 3. The average molecular weight is 373 g/mol. The zero-order valence-electron chi connectivity index (χ0n) is 13.9. The first-order valence-corrected chi connectivity index (χ1v) is 9.02. The minimum absolute atomic E-state index is 0.0207. The number of carbonyl (C=O) groups excluding carboxylic acids is 1. The van der Waals surface area contributed by atoms with Crippen LogP contribution < -0.4 is 5.48 Å². The van der Waals surface area contributed by atoms with Gasteiger partial charge in [-0.25, -0.2) is 15.3 Å². The van der Waals surface area contributed by atoms with Crippen LogP contribution in [0.15, 0.2) is 22.6 Å². The van der Waals surface area contributed by atoms with Gasteiger partial charge in [0, 0.05) is 6.07 Å². The smallest absolute Gasteiger partial charge is 0.335 e. The number of anilines is 1. The van der Waals surface area contributed by atoms with Crippen molar-refractivity contribution in [1.82, 2.24) is 9.97 Å². The van der Waals surface area contributed by atoms with Crippen molar-refractivity contribution in [2.75, 3.05) is 5.48 Å². The van der Waals surface area contributed by atoms with Crippen LogP contribution in [0.2, 0.25) is 5.28 Å². The average Bonchev–Trinajstić information content (AvgIpc) is 3.16. The fourth-order valence-electron chi connectivity index (χ4n) is 3.98. The van der Waals surface area contributed by atoms with E-state index >= 15 is 0 Å². The van der Waals surface area contributed by atoms with Gasteiger partial charge in [-0.1, -0.05) is 12.8 Å². The molecule has 0 amide bonds. The normalized spacial score (nSPS) is 24.1. The number of hydrogen-bond acceptors (Lipinski definition) is 7. The molecule has 1 unspecified atom stereocenters. The molecule has 7 nitrogen and oxygen atoms in total. The molecule has 0 aromatic carbocycles. The van der Waals surface area contributed by atoms with Crippen molar-refractivity contribution in [1.29, 1.82) is 5.26 Å². The van der Waals surface area contributed by atoms with E-state index in [-0.39, 0.29) is 28.7 Å². The number of aromatic nitrogens is 2. The largest absolute Gasteiger partial charge is 0.444 e. The molecule has 134 valence electrons. The summed E-state index contributed by atoms with van der Waals surface area (Å²) in [6.07, 6.45) is 5.56. The first-order valence-electron chi connectivity index (χ1n) is 8.64. The Morgan fingerprint density at radius 2 is 2.12 bits per heavy atom. The summed E-state index contributed by atoms with van der Waals surface area (Å²) in [7, 11) is 0. The van der Waals surface area contributed by atoms with Crippen molar-refractivity contribution >= 4 is 23.4 Å². The lowest BCUT2D eigenvalue weighted by Gasteiger charge is -2.40. The van der Waals surface area contributed by atoms with E-state index in [2.05, 4.69) is 15.4 Å². The first kappa shape index (κ1) is 16.9. The molecule has 8 heteroatoms. The highest BCUT2D eigenvalue weighted by atomic mass is 35.5. The van der Waals surface area contributed by atoms with Crippen LogP contribution in [-0.2, 0) is 9.63 Å². The molecule has 5 rings (SSSR count). The minimum Gasteiger partial charge on any atom is -0.444 e. The summed E-state index contributed by atoms with van der Waals surface area (Å²) in [5, 5.41) is 8.83. The van der Waals surface area contributed by atoms with Gasteiger partial charge in [0.2, 0.25) is 11.0 Å². The Hall–Kier alpha value is -2.59. The number of furan rings is 1. The Balaban J connectivity index is 1.45. The molecule has 0 radical (unpaired) electrons. The number of fused-ring (bicyclic) bond motifs is 3. The van der Waals surface area contributed by atoms with E-state index in [1.54, 1.807) is 12.1 Å². The second kappa shape index (κ2) is 6.96. The maximum absolute atomic E-state index is 12.4. The van der Waals surface area contributed by atoms with Gasteiger partial charge < -0.3 is 9.25 Å².